The first-order chi connectivity index (χ1) is 13.8. The number of nitrogens with zero attached hydrogens (tertiary/aromatic N) is 3. The summed E-state index contributed by atoms with van der Waals surface area (Å²) in [5.74, 6) is 0.273. The van der Waals surface area contributed by atoms with Crippen LogP contribution in [0.5, 0.6) is 0 Å². The lowest BCUT2D eigenvalue weighted by Crippen LogP contribution is -2.43. The van der Waals surface area contributed by atoms with Crippen molar-refractivity contribution in [3.63, 3.8) is 0 Å². The van der Waals surface area contributed by atoms with Crippen LogP contribution < -0.4 is 10.2 Å². The topological polar surface area (TPSA) is 48.5 Å². The van der Waals surface area contributed by atoms with Crippen molar-refractivity contribution in [3.8, 4) is 0 Å². The molecule has 5 nitrogen and oxygen atoms in total. The first-order valence-corrected chi connectivity index (χ1v) is 11.4. The second-order valence-electron chi connectivity index (χ2n) is 7.88. The highest BCUT2D eigenvalue weighted by Crippen LogP contribution is 2.21. The zero-order chi connectivity index (χ0) is 19.2. The third-order valence-corrected chi connectivity index (χ3v) is 6.54. The molecule has 3 heterocycles. The van der Waals surface area contributed by atoms with Crippen LogP contribution >= 0.6 is 11.3 Å². The monoisotopic (exact) mass is 398 g/mol. The number of carbonyl (C=O) groups excluding carboxylic acids is 1. The number of rotatable bonds is 7. The Hall–Kier alpha value is -1.92. The summed E-state index contributed by atoms with van der Waals surface area (Å²) in [5.41, 5.74) is 5.50. The summed E-state index contributed by atoms with van der Waals surface area (Å²) in [5, 5.41) is 5.82. The number of hydrogen-bond acceptors (Lipinski definition) is 5. The maximum atomic E-state index is 12.3. The molecule has 0 saturated carbocycles. The molecular weight excluding hydrogens is 368 g/mol. The minimum Gasteiger partial charge on any atom is -0.371 e. The first kappa shape index (κ1) is 19.4. The molecule has 1 aromatic heterocycles. The van der Waals surface area contributed by atoms with Crippen molar-refractivity contribution in [2.24, 2.45) is 0 Å². The van der Waals surface area contributed by atoms with E-state index in [4.69, 9.17) is 0 Å². The van der Waals surface area contributed by atoms with Crippen molar-refractivity contribution in [2.75, 3.05) is 37.6 Å². The van der Waals surface area contributed by atoms with Crippen LogP contribution in [0, 0.1) is 0 Å². The normalized spacial score (nSPS) is 18.0. The van der Waals surface area contributed by atoms with Crippen LogP contribution in [0.25, 0.3) is 0 Å². The van der Waals surface area contributed by atoms with Crippen molar-refractivity contribution in [1.82, 2.24) is 15.2 Å². The van der Waals surface area contributed by atoms with Gasteiger partial charge in [-0.25, -0.2) is 4.98 Å². The Balaban J connectivity index is 1.20. The highest BCUT2D eigenvalue weighted by Gasteiger charge is 2.20. The number of likely N-dealkylation sites (tertiary alicyclic amines) is 1. The molecule has 0 atom stereocenters. The van der Waals surface area contributed by atoms with Gasteiger partial charge in [0.2, 0.25) is 5.91 Å². The molecule has 1 aromatic carbocycles. The number of piperidine rings is 1. The van der Waals surface area contributed by atoms with Gasteiger partial charge in [-0.15, -0.1) is 11.3 Å². The van der Waals surface area contributed by atoms with Crippen LogP contribution in [0.15, 0.2) is 35.2 Å². The third-order valence-electron chi connectivity index (χ3n) is 5.91. The number of aromatic nitrogens is 1. The summed E-state index contributed by atoms with van der Waals surface area (Å²) >= 11 is 1.67. The standard InChI is InChI=1S/C22H30N4OS/c27-22(26-11-1-2-12-26)15-18-3-5-21(6-4-18)25-13-8-19(9-14-25)23-10-7-20-16-28-17-24-20/h3-6,16-17,19,23H,1-2,7-15H2. The summed E-state index contributed by atoms with van der Waals surface area (Å²) in [4.78, 5) is 21.1. The molecule has 2 saturated heterocycles. The molecule has 2 fully saturated rings. The zero-order valence-corrected chi connectivity index (χ0v) is 17.3. The number of anilines is 1. The van der Waals surface area contributed by atoms with Crippen molar-refractivity contribution in [2.45, 2.75) is 44.6 Å². The second-order valence-corrected chi connectivity index (χ2v) is 8.60. The van der Waals surface area contributed by atoms with E-state index in [1.165, 1.54) is 24.2 Å². The summed E-state index contributed by atoms with van der Waals surface area (Å²) in [6.07, 6.45) is 6.20. The van der Waals surface area contributed by atoms with Gasteiger partial charge in [0.1, 0.15) is 0 Å². The van der Waals surface area contributed by atoms with Gasteiger partial charge in [0.05, 0.1) is 17.6 Å². The van der Waals surface area contributed by atoms with Gasteiger partial charge in [0.25, 0.3) is 0 Å². The summed E-state index contributed by atoms with van der Waals surface area (Å²) in [7, 11) is 0. The SMILES string of the molecule is O=C(Cc1ccc(N2CCC(NCCc3cscn3)CC2)cc1)N1CCCC1. The Morgan fingerprint density at radius 2 is 1.86 bits per heavy atom. The van der Waals surface area contributed by atoms with Crippen LogP contribution in [0.3, 0.4) is 0 Å². The second kappa shape index (κ2) is 9.52. The van der Waals surface area contributed by atoms with Gasteiger partial charge in [0, 0.05) is 56.3 Å². The maximum Gasteiger partial charge on any atom is 0.226 e. The number of hydrogen-bond donors (Lipinski definition) is 1. The largest absolute Gasteiger partial charge is 0.371 e. The number of nitrogens with one attached hydrogen (secondary N) is 1. The van der Waals surface area contributed by atoms with E-state index in [-0.39, 0.29) is 5.91 Å². The predicted molar refractivity (Wildman–Crippen MR) is 115 cm³/mol. The summed E-state index contributed by atoms with van der Waals surface area (Å²) in [6, 6.07) is 9.22. The van der Waals surface area contributed by atoms with E-state index in [9.17, 15) is 4.79 Å². The molecule has 2 aliphatic heterocycles. The van der Waals surface area contributed by atoms with E-state index in [1.807, 2.05) is 10.4 Å². The third kappa shape index (κ3) is 5.11. The van der Waals surface area contributed by atoms with Crippen LogP contribution in [0.1, 0.15) is 36.9 Å². The average molecular weight is 399 g/mol. The van der Waals surface area contributed by atoms with E-state index in [1.54, 1.807) is 11.3 Å². The lowest BCUT2D eigenvalue weighted by molar-refractivity contribution is -0.129. The Morgan fingerprint density at radius 1 is 1.11 bits per heavy atom. The van der Waals surface area contributed by atoms with Crippen LogP contribution in [-0.2, 0) is 17.6 Å². The lowest BCUT2D eigenvalue weighted by Gasteiger charge is -2.34. The lowest BCUT2D eigenvalue weighted by atomic mass is 10.0. The molecule has 6 heteroatoms. The molecule has 2 aliphatic rings. The average Bonchev–Trinajstić information content (AvgIpc) is 3.44. The van der Waals surface area contributed by atoms with Gasteiger partial charge < -0.3 is 15.1 Å². The molecule has 1 N–H and O–H groups in total. The van der Waals surface area contributed by atoms with Crippen molar-refractivity contribution in [1.29, 1.82) is 0 Å². The molecule has 1 amide bonds. The zero-order valence-electron chi connectivity index (χ0n) is 16.5. The summed E-state index contributed by atoms with van der Waals surface area (Å²) in [6.45, 7) is 5.04. The Labute approximate surface area is 171 Å². The van der Waals surface area contributed by atoms with Gasteiger partial charge in [-0.1, -0.05) is 12.1 Å². The number of benzene rings is 1. The molecule has 4 rings (SSSR count). The van der Waals surface area contributed by atoms with Gasteiger partial charge in [-0.3, -0.25) is 4.79 Å². The molecule has 150 valence electrons. The minimum atomic E-state index is 0.273. The van der Waals surface area contributed by atoms with E-state index < -0.39 is 0 Å². The molecule has 28 heavy (non-hydrogen) atoms. The first-order valence-electron chi connectivity index (χ1n) is 10.5. The van der Waals surface area contributed by atoms with Crippen LogP contribution in [-0.4, -0.2) is 54.6 Å². The Morgan fingerprint density at radius 3 is 2.54 bits per heavy atom. The molecule has 0 unspecified atom stereocenters. The summed E-state index contributed by atoms with van der Waals surface area (Å²) < 4.78 is 0. The molecule has 0 spiro atoms. The number of carbonyl (C=O) groups is 1. The molecule has 0 bridgehead atoms. The van der Waals surface area contributed by atoms with Gasteiger partial charge in [-0.2, -0.15) is 0 Å². The quantitative estimate of drug-likeness (QED) is 0.779. The fourth-order valence-corrected chi connectivity index (χ4v) is 4.78. The Bertz CT molecular complexity index is 732. The van der Waals surface area contributed by atoms with E-state index in [0.717, 1.165) is 57.5 Å². The highest BCUT2D eigenvalue weighted by atomic mass is 32.1. The van der Waals surface area contributed by atoms with Crippen molar-refractivity contribution >= 4 is 22.9 Å². The van der Waals surface area contributed by atoms with Gasteiger partial charge in [-0.05, 0) is 43.4 Å². The molecule has 0 aliphatic carbocycles. The van der Waals surface area contributed by atoms with Crippen LogP contribution in [0.4, 0.5) is 5.69 Å². The Kier molecular flexibility index (Phi) is 6.60. The van der Waals surface area contributed by atoms with Crippen molar-refractivity contribution in [3.05, 3.63) is 46.4 Å². The fraction of sp³-hybridized carbons (Fsp3) is 0.545. The maximum absolute atomic E-state index is 12.3. The molecule has 0 radical (unpaired) electrons. The highest BCUT2D eigenvalue weighted by molar-refractivity contribution is 7.07. The van der Waals surface area contributed by atoms with Crippen LogP contribution in [0.2, 0.25) is 0 Å². The fourth-order valence-electron chi connectivity index (χ4n) is 4.18. The van der Waals surface area contributed by atoms with E-state index in [0.29, 0.717) is 12.5 Å². The van der Waals surface area contributed by atoms with E-state index in [2.05, 4.69) is 44.8 Å². The number of amides is 1. The smallest absolute Gasteiger partial charge is 0.226 e. The van der Waals surface area contributed by atoms with E-state index >= 15 is 0 Å². The van der Waals surface area contributed by atoms with Gasteiger partial charge >= 0.3 is 0 Å². The van der Waals surface area contributed by atoms with Gasteiger partial charge in [0.15, 0.2) is 0 Å². The number of thiazole rings is 1. The minimum absolute atomic E-state index is 0.273. The van der Waals surface area contributed by atoms with Crippen molar-refractivity contribution < 1.29 is 4.79 Å². The molecular formula is C22H30N4OS. The molecule has 2 aromatic rings. The predicted octanol–water partition coefficient (Wildman–Crippen LogP) is 3.11.